The molecule has 0 spiro atoms. The summed E-state index contributed by atoms with van der Waals surface area (Å²) >= 11 is 8.77. The molecule has 5 nitrogen and oxygen atoms in total. The number of carbonyl (C=O) groups is 2. The van der Waals surface area contributed by atoms with E-state index in [1.54, 1.807) is 25.1 Å². The van der Waals surface area contributed by atoms with Crippen LogP contribution < -0.4 is 4.74 Å². The first-order valence-corrected chi connectivity index (χ1v) is 10.4. The molecule has 1 aliphatic rings. The zero-order valence-corrected chi connectivity index (χ0v) is 18.3. The normalized spacial score (nSPS) is 15.6. The third kappa shape index (κ3) is 4.44. The highest BCUT2D eigenvalue weighted by molar-refractivity contribution is 14.1. The number of amides is 2. The summed E-state index contributed by atoms with van der Waals surface area (Å²) in [5.74, 6) is -0.622. The number of benzene rings is 2. The molecule has 9 heteroatoms. The number of hydrogen-bond acceptors (Lipinski definition) is 5. The quantitative estimate of drug-likeness (QED) is 0.410. The van der Waals surface area contributed by atoms with Crippen LogP contribution in [0.5, 0.6) is 11.5 Å². The fraction of sp³-hybridized carbons (Fsp3) is 0.158. The number of carbonyl (C=O) groups excluding carboxylic acids is 2. The Kier molecular flexibility index (Phi) is 6.51. The number of halogens is 3. The molecule has 0 radical (unpaired) electrons. The topological polar surface area (TPSA) is 66.8 Å². The Labute approximate surface area is 183 Å². The number of hydrogen-bond donors (Lipinski definition) is 1. The summed E-state index contributed by atoms with van der Waals surface area (Å²) in [4.78, 5) is 26.3. The fourth-order valence-electron chi connectivity index (χ4n) is 2.55. The van der Waals surface area contributed by atoms with E-state index in [9.17, 15) is 19.1 Å². The number of phenols is 1. The molecule has 0 unspecified atom stereocenters. The van der Waals surface area contributed by atoms with Gasteiger partial charge < -0.3 is 9.84 Å². The van der Waals surface area contributed by atoms with Crippen molar-refractivity contribution in [1.29, 1.82) is 0 Å². The number of aromatic hydroxyl groups is 1. The molecule has 1 saturated heterocycles. The van der Waals surface area contributed by atoms with Crippen LogP contribution in [-0.2, 0) is 11.3 Å². The summed E-state index contributed by atoms with van der Waals surface area (Å²) in [5.41, 5.74) is 1.10. The van der Waals surface area contributed by atoms with Crippen LogP contribution in [0.3, 0.4) is 0 Å². The van der Waals surface area contributed by atoms with Crippen molar-refractivity contribution < 1.29 is 23.8 Å². The standard InChI is InChI=1S/C19H14ClFINO4S/c1-2-27-15-6-10(5-14(22)17(15)24)7-16-18(25)23(19(26)28-16)9-11-3-4-12(21)8-13(11)20/h3-8,24H,2,9H2,1H3/b16-7+. The van der Waals surface area contributed by atoms with Crippen molar-refractivity contribution in [1.82, 2.24) is 4.90 Å². The predicted molar refractivity (Wildman–Crippen MR) is 115 cm³/mol. The third-order valence-corrected chi connectivity index (χ3v) is 5.95. The van der Waals surface area contributed by atoms with Gasteiger partial charge in [0.1, 0.15) is 5.82 Å². The Morgan fingerprint density at radius 2 is 2.07 bits per heavy atom. The molecule has 1 heterocycles. The van der Waals surface area contributed by atoms with Crippen LogP contribution in [0, 0.1) is 9.39 Å². The number of phenolic OH excluding ortho intramolecular Hbond substituents is 1. The van der Waals surface area contributed by atoms with Crippen molar-refractivity contribution in [2.75, 3.05) is 6.61 Å². The van der Waals surface area contributed by atoms with Gasteiger partial charge in [-0.2, -0.15) is 0 Å². The van der Waals surface area contributed by atoms with E-state index >= 15 is 0 Å². The molecule has 0 saturated carbocycles. The van der Waals surface area contributed by atoms with E-state index in [4.69, 9.17) is 16.3 Å². The van der Waals surface area contributed by atoms with Gasteiger partial charge in [0.2, 0.25) is 0 Å². The lowest BCUT2D eigenvalue weighted by Crippen LogP contribution is -2.27. The lowest BCUT2D eigenvalue weighted by atomic mass is 10.1. The van der Waals surface area contributed by atoms with Crippen LogP contribution in [0.15, 0.2) is 35.2 Å². The van der Waals surface area contributed by atoms with Gasteiger partial charge in [0.05, 0.1) is 21.6 Å². The number of rotatable bonds is 5. The maximum Gasteiger partial charge on any atom is 0.293 e. The minimum absolute atomic E-state index is 0.0265. The van der Waals surface area contributed by atoms with Crippen LogP contribution in [0.2, 0.25) is 5.02 Å². The maximum absolute atomic E-state index is 13.2. The number of thioether (sulfide) groups is 1. The van der Waals surface area contributed by atoms with E-state index in [0.29, 0.717) is 27.1 Å². The van der Waals surface area contributed by atoms with Crippen LogP contribution in [0.1, 0.15) is 18.1 Å². The van der Waals surface area contributed by atoms with Crippen LogP contribution in [-0.4, -0.2) is 27.8 Å². The van der Waals surface area contributed by atoms with Crippen LogP contribution in [0.25, 0.3) is 6.08 Å². The van der Waals surface area contributed by atoms with E-state index in [1.807, 2.05) is 22.6 Å². The lowest BCUT2D eigenvalue weighted by molar-refractivity contribution is -0.123. The van der Waals surface area contributed by atoms with E-state index < -0.39 is 17.0 Å². The van der Waals surface area contributed by atoms with E-state index in [1.165, 1.54) is 12.1 Å². The van der Waals surface area contributed by atoms with Crippen molar-refractivity contribution in [3.63, 3.8) is 0 Å². The molecule has 2 aromatic carbocycles. The minimum Gasteiger partial charge on any atom is -0.504 e. The molecule has 0 bridgehead atoms. The number of ether oxygens (including phenoxy) is 1. The summed E-state index contributed by atoms with van der Waals surface area (Å²) < 4.78 is 19.2. The Balaban J connectivity index is 1.87. The summed E-state index contributed by atoms with van der Waals surface area (Å²) in [6.07, 6.45) is 1.57. The molecule has 0 aromatic heterocycles. The Morgan fingerprint density at radius 3 is 2.75 bits per heavy atom. The van der Waals surface area contributed by atoms with Gasteiger partial charge in [-0.05, 0) is 82.7 Å². The first-order valence-electron chi connectivity index (χ1n) is 8.14. The van der Waals surface area contributed by atoms with Crippen LogP contribution in [0.4, 0.5) is 9.18 Å². The Morgan fingerprint density at radius 1 is 1.32 bits per heavy atom. The molecule has 3 rings (SSSR count). The van der Waals surface area contributed by atoms with Crippen molar-refractivity contribution in [2.45, 2.75) is 13.5 Å². The Bertz CT molecular complexity index is 998. The molecule has 146 valence electrons. The average molecular weight is 534 g/mol. The number of imide groups is 1. The predicted octanol–water partition coefficient (Wildman–Crippen LogP) is 5.42. The van der Waals surface area contributed by atoms with Gasteiger partial charge in [-0.3, -0.25) is 14.5 Å². The van der Waals surface area contributed by atoms with Gasteiger partial charge in [0.15, 0.2) is 11.5 Å². The summed E-state index contributed by atoms with van der Waals surface area (Å²) in [7, 11) is 0. The third-order valence-electron chi connectivity index (χ3n) is 3.87. The zero-order valence-electron chi connectivity index (χ0n) is 14.5. The SMILES string of the molecule is CCOc1cc(/C=C2/SC(=O)N(Cc3ccc(F)cc3Cl)C2=O)cc(I)c1O. The monoisotopic (exact) mass is 533 g/mol. The van der Waals surface area contributed by atoms with Crippen molar-refractivity contribution in [3.05, 3.63) is 60.8 Å². The first-order chi connectivity index (χ1) is 13.3. The van der Waals surface area contributed by atoms with Crippen molar-refractivity contribution in [2.24, 2.45) is 0 Å². The molecule has 28 heavy (non-hydrogen) atoms. The minimum atomic E-state index is -0.491. The molecule has 2 amide bonds. The highest BCUT2D eigenvalue weighted by Gasteiger charge is 2.35. The van der Waals surface area contributed by atoms with Crippen LogP contribution >= 0.6 is 46.0 Å². The summed E-state index contributed by atoms with van der Waals surface area (Å²) in [6.45, 7) is 2.13. The fourth-order valence-corrected chi connectivity index (χ4v) is 4.24. The second-order valence-corrected chi connectivity index (χ2v) is 8.35. The molecule has 0 atom stereocenters. The summed E-state index contributed by atoms with van der Waals surface area (Å²) in [6, 6.07) is 7.10. The molecular weight excluding hydrogens is 520 g/mol. The molecule has 2 aromatic rings. The van der Waals surface area contributed by atoms with Crippen molar-refractivity contribution in [3.8, 4) is 11.5 Å². The van der Waals surface area contributed by atoms with Crippen molar-refractivity contribution >= 4 is 63.2 Å². The van der Waals surface area contributed by atoms with E-state index in [-0.39, 0.29) is 22.2 Å². The maximum atomic E-state index is 13.2. The van der Waals surface area contributed by atoms with Gasteiger partial charge in [-0.1, -0.05) is 17.7 Å². The molecular formula is C19H14ClFINO4S. The highest BCUT2D eigenvalue weighted by Crippen LogP contribution is 2.37. The lowest BCUT2D eigenvalue weighted by Gasteiger charge is -2.13. The first kappa shape index (κ1) is 20.9. The number of nitrogens with zero attached hydrogens (tertiary/aromatic N) is 1. The smallest absolute Gasteiger partial charge is 0.293 e. The molecule has 0 aliphatic carbocycles. The second kappa shape index (κ2) is 8.71. The van der Waals surface area contributed by atoms with E-state index in [2.05, 4.69) is 0 Å². The Hall–Kier alpha value is -1.78. The van der Waals surface area contributed by atoms with Gasteiger partial charge in [-0.15, -0.1) is 0 Å². The largest absolute Gasteiger partial charge is 0.504 e. The van der Waals surface area contributed by atoms with Gasteiger partial charge in [0.25, 0.3) is 11.1 Å². The average Bonchev–Trinajstić information content (AvgIpc) is 2.89. The molecule has 1 fully saturated rings. The molecule has 1 N–H and O–H groups in total. The molecule has 1 aliphatic heterocycles. The van der Waals surface area contributed by atoms with Gasteiger partial charge in [-0.25, -0.2) is 4.39 Å². The van der Waals surface area contributed by atoms with E-state index in [0.717, 1.165) is 22.7 Å². The van der Waals surface area contributed by atoms with Gasteiger partial charge >= 0.3 is 0 Å². The highest BCUT2D eigenvalue weighted by atomic mass is 127. The summed E-state index contributed by atoms with van der Waals surface area (Å²) in [5, 5.41) is 9.75. The van der Waals surface area contributed by atoms with Gasteiger partial charge in [0, 0.05) is 5.02 Å². The second-order valence-electron chi connectivity index (χ2n) is 5.79. The zero-order chi connectivity index (χ0) is 20.4.